The van der Waals surface area contributed by atoms with Crippen molar-refractivity contribution < 1.29 is 9.59 Å². The van der Waals surface area contributed by atoms with E-state index >= 15 is 0 Å². The van der Waals surface area contributed by atoms with E-state index in [4.69, 9.17) is 0 Å². The van der Waals surface area contributed by atoms with Gasteiger partial charge in [0.1, 0.15) is 0 Å². The predicted molar refractivity (Wildman–Crippen MR) is 62.4 cm³/mol. The second-order valence-corrected chi connectivity index (χ2v) is 4.48. The normalized spacial score (nSPS) is 16.8. The van der Waals surface area contributed by atoms with Gasteiger partial charge in [0, 0.05) is 12.3 Å². The van der Waals surface area contributed by atoms with Gasteiger partial charge in [-0.3, -0.25) is 20.4 Å². The van der Waals surface area contributed by atoms with Crippen molar-refractivity contribution >= 4 is 11.8 Å². The van der Waals surface area contributed by atoms with Gasteiger partial charge in [0.15, 0.2) is 0 Å². The van der Waals surface area contributed by atoms with Crippen LogP contribution in [0.2, 0.25) is 0 Å². The van der Waals surface area contributed by atoms with E-state index in [1.807, 2.05) is 6.92 Å². The topological polar surface area (TPSA) is 58.2 Å². The Morgan fingerprint density at radius 3 is 2.44 bits per heavy atom. The highest BCUT2D eigenvalue weighted by Gasteiger charge is 2.20. The summed E-state index contributed by atoms with van der Waals surface area (Å²) in [6.45, 7) is 2.04. The van der Waals surface area contributed by atoms with Gasteiger partial charge in [0.2, 0.25) is 11.8 Å². The highest BCUT2D eigenvalue weighted by molar-refractivity contribution is 5.83. The third-order valence-corrected chi connectivity index (χ3v) is 3.06. The average Bonchev–Trinajstić information content (AvgIpc) is 2.34. The first-order chi connectivity index (χ1) is 7.74. The Labute approximate surface area is 97.1 Å². The van der Waals surface area contributed by atoms with Gasteiger partial charge >= 0.3 is 0 Å². The van der Waals surface area contributed by atoms with E-state index in [2.05, 4.69) is 10.9 Å². The second kappa shape index (κ2) is 7.25. The standard InChI is InChI=1S/C12H22N2O2/c1-2-3-9-11(15)13-14-12(16)10-7-5-4-6-8-10/h10H,2-9H2,1H3,(H,13,15)(H,14,16). The molecule has 16 heavy (non-hydrogen) atoms. The zero-order chi connectivity index (χ0) is 11.8. The Kier molecular flexibility index (Phi) is 5.90. The summed E-state index contributed by atoms with van der Waals surface area (Å²) < 4.78 is 0. The van der Waals surface area contributed by atoms with Crippen LogP contribution in [0.25, 0.3) is 0 Å². The maximum atomic E-state index is 11.7. The van der Waals surface area contributed by atoms with Crippen molar-refractivity contribution in [2.24, 2.45) is 5.92 Å². The van der Waals surface area contributed by atoms with Gasteiger partial charge in [-0.2, -0.15) is 0 Å². The van der Waals surface area contributed by atoms with Crippen molar-refractivity contribution in [3.05, 3.63) is 0 Å². The zero-order valence-corrected chi connectivity index (χ0v) is 10.1. The molecule has 0 heterocycles. The number of carbonyl (C=O) groups excluding carboxylic acids is 2. The molecule has 0 aromatic carbocycles. The molecular weight excluding hydrogens is 204 g/mol. The van der Waals surface area contributed by atoms with Gasteiger partial charge in [-0.25, -0.2) is 0 Å². The smallest absolute Gasteiger partial charge is 0.241 e. The molecule has 0 aromatic rings. The molecule has 0 bridgehead atoms. The molecule has 1 aliphatic rings. The fourth-order valence-electron chi connectivity index (χ4n) is 2.00. The first-order valence-electron chi connectivity index (χ1n) is 6.32. The molecule has 1 rings (SSSR count). The van der Waals surface area contributed by atoms with E-state index in [0.717, 1.165) is 38.5 Å². The Morgan fingerprint density at radius 1 is 1.12 bits per heavy atom. The summed E-state index contributed by atoms with van der Waals surface area (Å²) in [5.74, 6) is -0.0178. The summed E-state index contributed by atoms with van der Waals surface area (Å²) in [7, 11) is 0. The van der Waals surface area contributed by atoms with E-state index in [-0.39, 0.29) is 17.7 Å². The zero-order valence-electron chi connectivity index (χ0n) is 10.1. The third-order valence-electron chi connectivity index (χ3n) is 3.06. The lowest BCUT2D eigenvalue weighted by molar-refractivity contribution is -0.131. The number of carbonyl (C=O) groups is 2. The predicted octanol–water partition coefficient (Wildman–Crippen LogP) is 1.90. The van der Waals surface area contributed by atoms with Gasteiger partial charge in [0.05, 0.1) is 0 Å². The van der Waals surface area contributed by atoms with Crippen LogP contribution < -0.4 is 10.9 Å². The minimum Gasteiger partial charge on any atom is -0.273 e. The molecule has 0 unspecified atom stereocenters. The molecule has 0 aliphatic heterocycles. The Morgan fingerprint density at radius 2 is 1.81 bits per heavy atom. The molecule has 92 valence electrons. The molecule has 0 aromatic heterocycles. The summed E-state index contributed by atoms with van der Waals surface area (Å²) in [5, 5.41) is 0. The molecule has 0 spiro atoms. The van der Waals surface area contributed by atoms with Crippen LogP contribution in [0, 0.1) is 5.92 Å². The van der Waals surface area contributed by atoms with Crippen molar-refractivity contribution in [1.29, 1.82) is 0 Å². The molecule has 4 nitrogen and oxygen atoms in total. The Balaban J connectivity index is 2.15. The van der Waals surface area contributed by atoms with Crippen LogP contribution in [-0.2, 0) is 9.59 Å². The fourth-order valence-corrected chi connectivity index (χ4v) is 2.00. The SMILES string of the molecule is CCCCC(=O)NNC(=O)C1CCCCC1. The molecule has 1 fully saturated rings. The first-order valence-corrected chi connectivity index (χ1v) is 6.32. The summed E-state index contributed by atoms with van der Waals surface area (Å²) >= 11 is 0. The van der Waals surface area contributed by atoms with E-state index < -0.39 is 0 Å². The van der Waals surface area contributed by atoms with Gasteiger partial charge < -0.3 is 0 Å². The Bertz CT molecular complexity index is 235. The monoisotopic (exact) mass is 226 g/mol. The molecule has 1 saturated carbocycles. The maximum Gasteiger partial charge on any atom is 0.241 e. The fraction of sp³-hybridized carbons (Fsp3) is 0.833. The highest BCUT2D eigenvalue weighted by Crippen LogP contribution is 2.23. The van der Waals surface area contributed by atoms with Gasteiger partial charge in [-0.1, -0.05) is 32.6 Å². The number of nitrogens with one attached hydrogen (secondary N) is 2. The van der Waals surface area contributed by atoms with Crippen LogP contribution in [0.15, 0.2) is 0 Å². The number of rotatable bonds is 4. The van der Waals surface area contributed by atoms with Crippen molar-refractivity contribution in [2.75, 3.05) is 0 Å². The lowest BCUT2D eigenvalue weighted by atomic mass is 9.89. The summed E-state index contributed by atoms with van der Waals surface area (Å²) in [6, 6.07) is 0. The van der Waals surface area contributed by atoms with Crippen molar-refractivity contribution in [2.45, 2.75) is 58.3 Å². The lowest BCUT2D eigenvalue weighted by Gasteiger charge is -2.20. The van der Waals surface area contributed by atoms with Crippen molar-refractivity contribution in [3.63, 3.8) is 0 Å². The number of hydrogen-bond donors (Lipinski definition) is 2. The van der Waals surface area contributed by atoms with Gasteiger partial charge in [-0.15, -0.1) is 0 Å². The van der Waals surface area contributed by atoms with Crippen LogP contribution in [0.4, 0.5) is 0 Å². The van der Waals surface area contributed by atoms with Gasteiger partial charge in [0.25, 0.3) is 0 Å². The maximum absolute atomic E-state index is 11.7. The van der Waals surface area contributed by atoms with Crippen LogP contribution >= 0.6 is 0 Å². The second-order valence-electron chi connectivity index (χ2n) is 4.48. The lowest BCUT2D eigenvalue weighted by Crippen LogP contribution is -2.44. The Hall–Kier alpha value is -1.06. The number of unbranched alkanes of at least 4 members (excludes halogenated alkanes) is 1. The number of hydrazine groups is 1. The molecule has 2 amide bonds. The minimum atomic E-state index is -0.0917. The number of hydrogen-bond acceptors (Lipinski definition) is 2. The first kappa shape index (κ1) is 13.0. The molecule has 4 heteroatoms. The van der Waals surface area contributed by atoms with E-state index in [9.17, 15) is 9.59 Å². The average molecular weight is 226 g/mol. The molecule has 0 radical (unpaired) electrons. The molecule has 0 atom stereocenters. The highest BCUT2D eigenvalue weighted by atomic mass is 16.2. The third kappa shape index (κ3) is 4.64. The summed E-state index contributed by atoms with van der Waals surface area (Å²) in [6.07, 6.45) is 7.74. The van der Waals surface area contributed by atoms with Crippen molar-refractivity contribution in [3.8, 4) is 0 Å². The summed E-state index contributed by atoms with van der Waals surface area (Å²) in [5.41, 5.74) is 5.00. The van der Waals surface area contributed by atoms with E-state index in [1.165, 1.54) is 6.42 Å². The minimum absolute atomic E-state index is 0.0236. The van der Waals surface area contributed by atoms with Crippen LogP contribution in [0.1, 0.15) is 58.3 Å². The van der Waals surface area contributed by atoms with Crippen LogP contribution in [0.5, 0.6) is 0 Å². The van der Waals surface area contributed by atoms with Crippen LogP contribution in [-0.4, -0.2) is 11.8 Å². The molecule has 1 aliphatic carbocycles. The van der Waals surface area contributed by atoms with Crippen molar-refractivity contribution in [1.82, 2.24) is 10.9 Å². The summed E-state index contributed by atoms with van der Waals surface area (Å²) in [4.78, 5) is 22.9. The quantitative estimate of drug-likeness (QED) is 0.719. The largest absolute Gasteiger partial charge is 0.273 e. The molecule has 2 N–H and O–H groups in total. The van der Waals surface area contributed by atoms with E-state index in [0.29, 0.717) is 6.42 Å². The molecular formula is C12H22N2O2. The van der Waals surface area contributed by atoms with E-state index in [1.54, 1.807) is 0 Å². The van der Waals surface area contributed by atoms with Gasteiger partial charge in [-0.05, 0) is 19.3 Å². The molecule has 0 saturated heterocycles. The van der Waals surface area contributed by atoms with Crippen LogP contribution in [0.3, 0.4) is 0 Å². The number of amides is 2.